The number of rotatable bonds is 5. The molecule has 2 nitrogen and oxygen atoms in total. The highest BCUT2D eigenvalue weighted by Crippen LogP contribution is 2.21. The van der Waals surface area contributed by atoms with E-state index >= 15 is 0 Å². The molecule has 6 heteroatoms. The average Bonchev–Trinajstić information content (AvgIpc) is 2.02. The molecule has 0 aliphatic heterocycles. The van der Waals surface area contributed by atoms with Gasteiger partial charge < -0.3 is 5.11 Å². The Hall–Kier alpha value is 0.0600. The average molecular weight is 231 g/mol. The highest BCUT2D eigenvalue weighted by atomic mass is 32.2. The van der Waals surface area contributed by atoms with Crippen LogP contribution in [0.1, 0.15) is 6.92 Å². The van der Waals surface area contributed by atoms with Crippen LogP contribution in [0.3, 0.4) is 0 Å². The minimum atomic E-state index is -4.52. The largest absolute Gasteiger partial charge is 0.415 e. The van der Waals surface area contributed by atoms with Gasteiger partial charge in [0, 0.05) is 18.3 Å². The van der Waals surface area contributed by atoms with Gasteiger partial charge in [0.1, 0.15) is 0 Å². The van der Waals surface area contributed by atoms with Crippen LogP contribution in [0, 0.1) is 0 Å². The Balaban J connectivity index is 3.99. The molecule has 0 heterocycles. The molecule has 0 saturated heterocycles. The van der Waals surface area contributed by atoms with Gasteiger partial charge in [-0.05, 0) is 20.2 Å². The summed E-state index contributed by atoms with van der Waals surface area (Å²) < 4.78 is 35.9. The molecule has 0 radical (unpaired) electrons. The summed E-state index contributed by atoms with van der Waals surface area (Å²) in [4.78, 5) is 1.51. The molecule has 0 fully saturated rings. The number of hydrogen-bond acceptors (Lipinski definition) is 3. The number of nitrogens with zero attached hydrogens (tertiary/aromatic N) is 1. The Labute approximate surface area is 86.5 Å². The molecular weight excluding hydrogens is 215 g/mol. The maximum atomic E-state index is 12.0. The first-order chi connectivity index (χ1) is 6.29. The van der Waals surface area contributed by atoms with Crippen molar-refractivity contribution in [1.29, 1.82) is 0 Å². The van der Waals surface area contributed by atoms with Crippen molar-refractivity contribution in [3.63, 3.8) is 0 Å². The van der Waals surface area contributed by atoms with Crippen LogP contribution in [-0.4, -0.2) is 53.9 Å². The summed E-state index contributed by atoms with van der Waals surface area (Å²) in [5.74, 6) is 0.751. The quantitative estimate of drug-likeness (QED) is 0.777. The van der Waals surface area contributed by atoms with Crippen molar-refractivity contribution in [2.75, 3.05) is 25.6 Å². The van der Waals surface area contributed by atoms with Gasteiger partial charge in [-0.2, -0.15) is 24.9 Å². The highest BCUT2D eigenvalue weighted by molar-refractivity contribution is 7.98. The molecule has 86 valence electrons. The molecule has 0 aromatic carbocycles. The summed E-state index contributed by atoms with van der Waals surface area (Å²) in [6.07, 6.45) is -4.88. The van der Waals surface area contributed by atoms with Gasteiger partial charge in [-0.3, -0.25) is 4.90 Å². The molecule has 0 spiro atoms. The standard InChI is InChI=1S/C8H16F3NOS/c1-6(5-14-3)12(2)4-7(13)8(9,10)11/h6-7,13H,4-5H2,1-3H3. The van der Waals surface area contributed by atoms with Gasteiger partial charge in [0.2, 0.25) is 0 Å². The summed E-state index contributed by atoms with van der Waals surface area (Å²) in [6.45, 7) is 1.46. The Morgan fingerprint density at radius 1 is 1.43 bits per heavy atom. The lowest BCUT2D eigenvalue weighted by Gasteiger charge is -2.27. The molecule has 0 bridgehead atoms. The minimum Gasteiger partial charge on any atom is -0.382 e. The van der Waals surface area contributed by atoms with E-state index < -0.39 is 12.3 Å². The van der Waals surface area contributed by atoms with Crippen molar-refractivity contribution < 1.29 is 18.3 Å². The smallest absolute Gasteiger partial charge is 0.382 e. The minimum absolute atomic E-state index is 0.0296. The number of halogens is 3. The second-order valence-corrected chi connectivity index (χ2v) is 4.21. The van der Waals surface area contributed by atoms with Crippen molar-refractivity contribution in [1.82, 2.24) is 4.90 Å². The normalized spacial score (nSPS) is 17.1. The first-order valence-electron chi connectivity index (χ1n) is 4.23. The summed E-state index contributed by atoms with van der Waals surface area (Å²) in [5.41, 5.74) is 0. The molecule has 1 N–H and O–H groups in total. The van der Waals surface area contributed by atoms with Crippen LogP contribution in [0.5, 0.6) is 0 Å². The van der Waals surface area contributed by atoms with Gasteiger partial charge in [-0.25, -0.2) is 0 Å². The van der Waals surface area contributed by atoms with Crippen LogP contribution in [-0.2, 0) is 0 Å². The third kappa shape index (κ3) is 5.07. The van der Waals surface area contributed by atoms with E-state index in [0.29, 0.717) is 0 Å². The number of aliphatic hydroxyl groups excluding tert-OH is 1. The van der Waals surface area contributed by atoms with Crippen LogP contribution in [0.25, 0.3) is 0 Å². The van der Waals surface area contributed by atoms with E-state index in [-0.39, 0.29) is 12.6 Å². The second kappa shape index (κ2) is 5.82. The van der Waals surface area contributed by atoms with E-state index in [1.54, 1.807) is 18.8 Å². The molecule has 0 aliphatic rings. The lowest BCUT2D eigenvalue weighted by atomic mass is 10.2. The molecule has 2 atom stereocenters. The molecule has 2 unspecified atom stereocenters. The fraction of sp³-hybridized carbons (Fsp3) is 1.00. The predicted molar refractivity (Wildman–Crippen MR) is 52.5 cm³/mol. The van der Waals surface area contributed by atoms with Gasteiger partial charge >= 0.3 is 6.18 Å². The Kier molecular flexibility index (Phi) is 5.85. The molecule has 14 heavy (non-hydrogen) atoms. The number of aliphatic hydroxyl groups is 1. The van der Waals surface area contributed by atoms with E-state index in [2.05, 4.69) is 0 Å². The van der Waals surface area contributed by atoms with Gasteiger partial charge in [-0.15, -0.1) is 0 Å². The van der Waals surface area contributed by atoms with Crippen molar-refractivity contribution in [3.8, 4) is 0 Å². The van der Waals surface area contributed by atoms with Gasteiger partial charge in [0.05, 0.1) is 0 Å². The molecule has 0 aromatic rings. The van der Waals surface area contributed by atoms with E-state index in [9.17, 15) is 13.2 Å². The molecule has 0 rings (SSSR count). The SMILES string of the molecule is CSCC(C)N(C)CC(O)C(F)(F)F. The fourth-order valence-corrected chi connectivity index (χ4v) is 1.66. The third-order valence-corrected chi connectivity index (χ3v) is 2.81. The monoisotopic (exact) mass is 231 g/mol. The van der Waals surface area contributed by atoms with E-state index in [4.69, 9.17) is 5.11 Å². The van der Waals surface area contributed by atoms with Gasteiger partial charge in [-0.1, -0.05) is 0 Å². The first-order valence-corrected chi connectivity index (χ1v) is 5.62. The van der Waals surface area contributed by atoms with Crippen LogP contribution in [0.2, 0.25) is 0 Å². The lowest BCUT2D eigenvalue weighted by molar-refractivity contribution is -0.208. The predicted octanol–water partition coefficient (Wildman–Crippen LogP) is 1.59. The van der Waals surface area contributed by atoms with Crippen LogP contribution >= 0.6 is 11.8 Å². The maximum absolute atomic E-state index is 12.0. The molecule has 0 aliphatic carbocycles. The first kappa shape index (κ1) is 14.1. The Bertz CT molecular complexity index is 165. The Morgan fingerprint density at radius 3 is 2.29 bits per heavy atom. The summed E-state index contributed by atoms with van der Waals surface area (Å²) >= 11 is 1.57. The lowest BCUT2D eigenvalue weighted by Crippen LogP contribution is -2.43. The summed E-state index contributed by atoms with van der Waals surface area (Å²) in [5, 5.41) is 8.80. The topological polar surface area (TPSA) is 23.5 Å². The van der Waals surface area contributed by atoms with E-state index in [1.165, 1.54) is 4.90 Å². The zero-order valence-electron chi connectivity index (χ0n) is 8.51. The molecular formula is C8H16F3NOS. The number of thioether (sulfide) groups is 1. The van der Waals surface area contributed by atoms with Crippen LogP contribution < -0.4 is 0 Å². The van der Waals surface area contributed by atoms with Crippen molar-refractivity contribution in [2.45, 2.75) is 25.2 Å². The second-order valence-electron chi connectivity index (χ2n) is 3.30. The van der Waals surface area contributed by atoms with Crippen LogP contribution in [0.15, 0.2) is 0 Å². The highest BCUT2D eigenvalue weighted by Gasteiger charge is 2.39. The summed E-state index contributed by atoms with van der Waals surface area (Å²) in [7, 11) is 1.58. The number of likely N-dealkylation sites (N-methyl/N-ethyl adjacent to an activating group) is 1. The van der Waals surface area contributed by atoms with E-state index in [0.717, 1.165) is 5.75 Å². The zero-order chi connectivity index (χ0) is 11.4. The number of hydrogen-bond donors (Lipinski definition) is 1. The fourth-order valence-electron chi connectivity index (χ4n) is 0.925. The van der Waals surface area contributed by atoms with Crippen molar-refractivity contribution >= 4 is 11.8 Å². The van der Waals surface area contributed by atoms with E-state index in [1.807, 2.05) is 13.2 Å². The molecule has 0 aromatic heterocycles. The van der Waals surface area contributed by atoms with Gasteiger partial charge in [0.25, 0.3) is 0 Å². The van der Waals surface area contributed by atoms with Crippen molar-refractivity contribution in [3.05, 3.63) is 0 Å². The number of alkyl halides is 3. The van der Waals surface area contributed by atoms with Crippen molar-refractivity contribution in [2.24, 2.45) is 0 Å². The third-order valence-electron chi connectivity index (χ3n) is 2.00. The van der Waals surface area contributed by atoms with Crippen LogP contribution in [0.4, 0.5) is 13.2 Å². The van der Waals surface area contributed by atoms with Gasteiger partial charge in [0.15, 0.2) is 6.10 Å². The Morgan fingerprint density at radius 2 is 1.93 bits per heavy atom. The summed E-state index contributed by atoms with van der Waals surface area (Å²) in [6, 6.07) is 0.0296. The maximum Gasteiger partial charge on any atom is 0.415 e. The molecule has 0 saturated carbocycles. The molecule has 0 amide bonds. The zero-order valence-corrected chi connectivity index (χ0v) is 9.32.